The standard InChI is InChI=1S/C14H18ClN3O/c1-14(2,9-15)17(3)13(19)12-10-7-5-6-8-11(10)18(4)16-12/h5-8H,9H2,1-4H3. The smallest absolute Gasteiger partial charge is 0.275 e. The zero-order valence-corrected chi connectivity index (χ0v) is 12.4. The van der Waals surface area contributed by atoms with Crippen molar-refractivity contribution in [3.05, 3.63) is 30.0 Å². The summed E-state index contributed by atoms with van der Waals surface area (Å²) < 4.78 is 1.73. The van der Waals surface area contributed by atoms with Gasteiger partial charge in [-0.1, -0.05) is 18.2 Å². The van der Waals surface area contributed by atoms with Gasteiger partial charge in [-0.3, -0.25) is 9.48 Å². The highest BCUT2D eigenvalue weighted by Gasteiger charge is 2.30. The van der Waals surface area contributed by atoms with Crippen molar-refractivity contribution in [3.63, 3.8) is 0 Å². The van der Waals surface area contributed by atoms with Crippen LogP contribution in [0, 0.1) is 0 Å². The Hall–Kier alpha value is -1.55. The third-order valence-corrected chi connectivity index (χ3v) is 4.15. The van der Waals surface area contributed by atoms with Gasteiger partial charge < -0.3 is 4.90 Å². The summed E-state index contributed by atoms with van der Waals surface area (Å²) in [7, 11) is 3.60. The molecule has 0 atom stereocenters. The Morgan fingerprint density at radius 3 is 2.68 bits per heavy atom. The molecule has 4 nitrogen and oxygen atoms in total. The monoisotopic (exact) mass is 279 g/mol. The number of para-hydroxylation sites is 1. The zero-order valence-electron chi connectivity index (χ0n) is 11.6. The molecule has 0 radical (unpaired) electrons. The fourth-order valence-electron chi connectivity index (χ4n) is 1.90. The summed E-state index contributed by atoms with van der Waals surface area (Å²) in [6, 6.07) is 7.71. The number of benzene rings is 1. The number of hydrogen-bond acceptors (Lipinski definition) is 2. The second-order valence-corrected chi connectivity index (χ2v) is 5.57. The number of aryl methyl sites for hydroxylation is 1. The molecule has 102 valence electrons. The van der Waals surface area contributed by atoms with E-state index in [1.807, 2.05) is 45.2 Å². The summed E-state index contributed by atoms with van der Waals surface area (Å²) in [4.78, 5) is 14.2. The summed E-state index contributed by atoms with van der Waals surface area (Å²) in [6.07, 6.45) is 0. The molecule has 1 aromatic heterocycles. The van der Waals surface area contributed by atoms with Gasteiger partial charge in [0, 0.05) is 25.4 Å². The van der Waals surface area contributed by atoms with Gasteiger partial charge in [0.1, 0.15) is 0 Å². The number of fused-ring (bicyclic) bond motifs is 1. The van der Waals surface area contributed by atoms with E-state index in [0.29, 0.717) is 11.6 Å². The van der Waals surface area contributed by atoms with Crippen molar-refractivity contribution >= 4 is 28.4 Å². The minimum Gasteiger partial charge on any atom is -0.334 e. The fourth-order valence-corrected chi connectivity index (χ4v) is 2.07. The second kappa shape index (κ2) is 4.85. The first-order valence-electron chi connectivity index (χ1n) is 6.14. The van der Waals surface area contributed by atoms with E-state index in [0.717, 1.165) is 10.9 Å². The first kappa shape index (κ1) is 13.9. The summed E-state index contributed by atoms with van der Waals surface area (Å²) in [5, 5.41) is 5.21. The van der Waals surface area contributed by atoms with E-state index in [9.17, 15) is 4.79 Å². The summed E-state index contributed by atoms with van der Waals surface area (Å²) in [5.41, 5.74) is 1.01. The third-order valence-electron chi connectivity index (χ3n) is 3.50. The Labute approximate surface area is 117 Å². The van der Waals surface area contributed by atoms with Crippen molar-refractivity contribution in [2.75, 3.05) is 12.9 Å². The van der Waals surface area contributed by atoms with Crippen molar-refractivity contribution in [3.8, 4) is 0 Å². The van der Waals surface area contributed by atoms with E-state index in [4.69, 9.17) is 11.6 Å². The predicted octanol–water partition coefficient (Wildman–Crippen LogP) is 2.66. The third kappa shape index (κ3) is 2.32. The number of halogens is 1. The molecule has 0 aliphatic carbocycles. The van der Waals surface area contributed by atoms with Gasteiger partial charge in [0.05, 0.1) is 11.1 Å². The number of aromatic nitrogens is 2. The molecule has 0 aliphatic rings. The lowest BCUT2D eigenvalue weighted by atomic mass is 10.1. The lowest BCUT2D eigenvalue weighted by molar-refractivity contribution is 0.0655. The highest BCUT2D eigenvalue weighted by molar-refractivity contribution is 6.19. The average molecular weight is 280 g/mol. The van der Waals surface area contributed by atoms with Gasteiger partial charge in [-0.05, 0) is 19.9 Å². The summed E-state index contributed by atoms with van der Waals surface area (Å²) in [6.45, 7) is 3.87. The Morgan fingerprint density at radius 2 is 2.05 bits per heavy atom. The van der Waals surface area contributed by atoms with Crippen LogP contribution in [0.2, 0.25) is 0 Å². The van der Waals surface area contributed by atoms with E-state index < -0.39 is 5.54 Å². The number of amides is 1. The molecule has 0 fully saturated rings. The molecule has 0 spiro atoms. The van der Waals surface area contributed by atoms with Crippen LogP contribution in [0.15, 0.2) is 24.3 Å². The molecule has 0 saturated carbocycles. The average Bonchev–Trinajstić information content (AvgIpc) is 2.75. The van der Waals surface area contributed by atoms with Crippen molar-refractivity contribution < 1.29 is 4.79 Å². The van der Waals surface area contributed by atoms with Gasteiger partial charge in [-0.15, -0.1) is 11.6 Å². The second-order valence-electron chi connectivity index (χ2n) is 5.30. The number of alkyl halides is 1. The number of hydrogen-bond donors (Lipinski definition) is 0. The van der Waals surface area contributed by atoms with Crippen LogP contribution in [0.4, 0.5) is 0 Å². The molecule has 19 heavy (non-hydrogen) atoms. The van der Waals surface area contributed by atoms with Crippen molar-refractivity contribution in [2.24, 2.45) is 7.05 Å². The lowest BCUT2D eigenvalue weighted by Gasteiger charge is -2.33. The van der Waals surface area contributed by atoms with Crippen LogP contribution in [-0.2, 0) is 7.05 Å². The van der Waals surface area contributed by atoms with Crippen LogP contribution >= 0.6 is 11.6 Å². The van der Waals surface area contributed by atoms with Crippen molar-refractivity contribution in [1.29, 1.82) is 0 Å². The van der Waals surface area contributed by atoms with Gasteiger partial charge in [-0.2, -0.15) is 5.10 Å². The number of carbonyl (C=O) groups excluding carboxylic acids is 1. The Kier molecular flexibility index (Phi) is 3.54. The highest BCUT2D eigenvalue weighted by atomic mass is 35.5. The maximum atomic E-state index is 12.6. The molecule has 0 bridgehead atoms. The van der Waals surface area contributed by atoms with Gasteiger partial charge in [0.25, 0.3) is 5.91 Å². The molecule has 5 heteroatoms. The maximum absolute atomic E-state index is 12.6. The normalized spacial score (nSPS) is 11.8. The van der Waals surface area contributed by atoms with E-state index >= 15 is 0 Å². The minimum absolute atomic E-state index is 0.109. The summed E-state index contributed by atoms with van der Waals surface area (Å²) >= 11 is 5.92. The molecular weight excluding hydrogens is 262 g/mol. The van der Waals surface area contributed by atoms with Crippen molar-refractivity contribution in [2.45, 2.75) is 19.4 Å². The largest absolute Gasteiger partial charge is 0.334 e. The molecule has 0 unspecified atom stereocenters. The molecule has 2 rings (SSSR count). The van der Waals surface area contributed by atoms with E-state index in [-0.39, 0.29) is 5.91 Å². The topological polar surface area (TPSA) is 38.1 Å². The molecular formula is C14H18ClN3O. The van der Waals surface area contributed by atoms with Gasteiger partial charge in [0.2, 0.25) is 0 Å². The first-order valence-corrected chi connectivity index (χ1v) is 6.68. The lowest BCUT2D eigenvalue weighted by Crippen LogP contribution is -2.46. The summed E-state index contributed by atoms with van der Waals surface area (Å²) in [5.74, 6) is 0.266. The minimum atomic E-state index is -0.405. The van der Waals surface area contributed by atoms with E-state index in [1.54, 1.807) is 16.6 Å². The van der Waals surface area contributed by atoms with E-state index in [1.165, 1.54) is 0 Å². The van der Waals surface area contributed by atoms with Gasteiger partial charge in [0.15, 0.2) is 5.69 Å². The molecule has 1 heterocycles. The van der Waals surface area contributed by atoms with Crippen LogP contribution in [-0.4, -0.2) is 39.1 Å². The van der Waals surface area contributed by atoms with Crippen LogP contribution in [0.5, 0.6) is 0 Å². The molecule has 0 N–H and O–H groups in total. The van der Waals surface area contributed by atoms with Crippen LogP contribution in [0.3, 0.4) is 0 Å². The Bertz CT molecular complexity index is 618. The Balaban J connectivity index is 2.48. The molecule has 1 amide bonds. The maximum Gasteiger partial charge on any atom is 0.275 e. The number of nitrogens with zero attached hydrogens (tertiary/aromatic N) is 3. The van der Waals surface area contributed by atoms with Crippen molar-refractivity contribution in [1.82, 2.24) is 14.7 Å². The predicted molar refractivity (Wildman–Crippen MR) is 77.6 cm³/mol. The first-order chi connectivity index (χ1) is 8.88. The highest BCUT2D eigenvalue weighted by Crippen LogP contribution is 2.22. The van der Waals surface area contributed by atoms with Gasteiger partial charge in [-0.25, -0.2) is 0 Å². The van der Waals surface area contributed by atoms with Gasteiger partial charge >= 0.3 is 0 Å². The molecule has 2 aromatic rings. The molecule has 0 aliphatic heterocycles. The number of rotatable bonds is 3. The van der Waals surface area contributed by atoms with Crippen LogP contribution < -0.4 is 0 Å². The number of carbonyl (C=O) groups is 1. The quantitative estimate of drug-likeness (QED) is 0.810. The van der Waals surface area contributed by atoms with E-state index in [2.05, 4.69) is 5.10 Å². The molecule has 0 saturated heterocycles. The Morgan fingerprint density at radius 1 is 1.42 bits per heavy atom. The molecule has 1 aromatic carbocycles. The van der Waals surface area contributed by atoms with Crippen LogP contribution in [0.25, 0.3) is 10.9 Å². The van der Waals surface area contributed by atoms with Crippen LogP contribution in [0.1, 0.15) is 24.3 Å². The zero-order chi connectivity index (χ0) is 14.2. The fraction of sp³-hybridized carbons (Fsp3) is 0.429. The SMILES string of the molecule is CN(C(=O)c1nn(C)c2ccccc12)C(C)(C)CCl.